The quantitative estimate of drug-likeness (QED) is 0.817. The molecule has 5 heteroatoms. The highest BCUT2D eigenvalue weighted by molar-refractivity contribution is 9.10. The van der Waals surface area contributed by atoms with Crippen molar-refractivity contribution >= 4 is 27.5 Å². The van der Waals surface area contributed by atoms with Gasteiger partial charge in [-0.15, -0.1) is 0 Å². The van der Waals surface area contributed by atoms with Gasteiger partial charge in [-0.2, -0.15) is 0 Å². The SMILES string of the molecule is O=C(CCOC[C@@H]1CCCO1)Nc1ccc(Br)cc1. The summed E-state index contributed by atoms with van der Waals surface area (Å²) in [6.07, 6.45) is 2.75. The Bertz CT molecular complexity index is 402. The van der Waals surface area contributed by atoms with Crippen molar-refractivity contribution in [2.24, 2.45) is 0 Å². The maximum absolute atomic E-state index is 11.7. The van der Waals surface area contributed by atoms with Gasteiger partial charge in [0.2, 0.25) is 5.91 Å². The first-order valence-electron chi connectivity index (χ1n) is 6.49. The molecule has 1 fully saturated rings. The molecule has 1 aromatic rings. The number of hydrogen-bond acceptors (Lipinski definition) is 3. The number of anilines is 1. The molecule has 1 N–H and O–H groups in total. The summed E-state index contributed by atoms with van der Waals surface area (Å²) in [6, 6.07) is 7.50. The zero-order valence-electron chi connectivity index (χ0n) is 10.7. The third-order valence-corrected chi connectivity index (χ3v) is 3.46. The van der Waals surface area contributed by atoms with E-state index >= 15 is 0 Å². The highest BCUT2D eigenvalue weighted by Gasteiger charge is 2.15. The average Bonchev–Trinajstić information content (AvgIpc) is 2.91. The van der Waals surface area contributed by atoms with Crippen LogP contribution in [0.2, 0.25) is 0 Å². The Morgan fingerprint density at radius 2 is 2.21 bits per heavy atom. The van der Waals surface area contributed by atoms with Crippen LogP contribution in [0.25, 0.3) is 0 Å². The van der Waals surface area contributed by atoms with E-state index in [-0.39, 0.29) is 12.0 Å². The lowest BCUT2D eigenvalue weighted by Crippen LogP contribution is -2.18. The largest absolute Gasteiger partial charge is 0.378 e. The number of hydrogen-bond donors (Lipinski definition) is 1. The van der Waals surface area contributed by atoms with Gasteiger partial charge in [-0.25, -0.2) is 0 Å². The molecule has 0 aliphatic carbocycles. The summed E-state index contributed by atoms with van der Waals surface area (Å²) in [5.41, 5.74) is 0.798. The molecule has 1 aliphatic rings. The van der Waals surface area contributed by atoms with E-state index in [9.17, 15) is 4.79 Å². The Labute approximate surface area is 121 Å². The van der Waals surface area contributed by atoms with E-state index in [2.05, 4.69) is 21.2 Å². The maximum Gasteiger partial charge on any atom is 0.226 e. The van der Waals surface area contributed by atoms with E-state index < -0.39 is 0 Å². The standard InChI is InChI=1S/C14H18BrNO3/c15-11-3-5-12(6-4-11)16-14(17)7-9-18-10-13-2-1-8-19-13/h3-6,13H,1-2,7-10H2,(H,16,17)/t13-/m0/s1. The molecule has 0 radical (unpaired) electrons. The molecule has 19 heavy (non-hydrogen) atoms. The zero-order chi connectivity index (χ0) is 13.5. The number of rotatable bonds is 6. The first-order valence-corrected chi connectivity index (χ1v) is 7.28. The fourth-order valence-corrected chi connectivity index (χ4v) is 2.18. The highest BCUT2D eigenvalue weighted by Crippen LogP contribution is 2.14. The molecule has 1 saturated heterocycles. The van der Waals surface area contributed by atoms with Gasteiger partial charge in [0.15, 0.2) is 0 Å². The van der Waals surface area contributed by atoms with E-state index in [1.807, 2.05) is 24.3 Å². The molecule has 0 bridgehead atoms. The number of nitrogens with one attached hydrogen (secondary N) is 1. The third kappa shape index (κ3) is 5.30. The Kier molecular flexibility index (Phi) is 5.82. The number of amides is 1. The van der Waals surface area contributed by atoms with Gasteiger partial charge in [0.25, 0.3) is 0 Å². The fraction of sp³-hybridized carbons (Fsp3) is 0.500. The van der Waals surface area contributed by atoms with Gasteiger partial charge in [0.1, 0.15) is 0 Å². The number of halogens is 1. The summed E-state index contributed by atoms with van der Waals surface area (Å²) >= 11 is 3.35. The Morgan fingerprint density at radius 1 is 1.42 bits per heavy atom. The lowest BCUT2D eigenvalue weighted by molar-refractivity contribution is -0.117. The van der Waals surface area contributed by atoms with Crippen molar-refractivity contribution < 1.29 is 14.3 Å². The van der Waals surface area contributed by atoms with E-state index in [1.54, 1.807) is 0 Å². The zero-order valence-corrected chi connectivity index (χ0v) is 12.3. The molecule has 0 aromatic heterocycles. The van der Waals surface area contributed by atoms with Crippen molar-refractivity contribution in [2.75, 3.05) is 25.1 Å². The number of ether oxygens (including phenoxy) is 2. The molecule has 0 saturated carbocycles. The molecule has 0 spiro atoms. The number of carbonyl (C=O) groups excluding carboxylic acids is 1. The van der Waals surface area contributed by atoms with Gasteiger partial charge in [-0.3, -0.25) is 4.79 Å². The van der Waals surface area contributed by atoms with Gasteiger partial charge < -0.3 is 14.8 Å². The second-order valence-corrected chi connectivity index (χ2v) is 5.43. The molecule has 1 aromatic carbocycles. The van der Waals surface area contributed by atoms with Crippen LogP contribution in [0.5, 0.6) is 0 Å². The van der Waals surface area contributed by atoms with Crippen LogP contribution >= 0.6 is 15.9 Å². The molecule has 1 atom stereocenters. The summed E-state index contributed by atoms with van der Waals surface area (Å²) in [4.78, 5) is 11.7. The molecule has 1 heterocycles. The van der Waals surface area contributed by atoms with Crippen LogP contribution in [0.1, 0.15) is 19.3 Å². The van der Waals surface area contributed by atoms with Gasteiger partial charge in [-0.1, -0.05) is 15.9 Å². The molecular formula is C14H18BrNO3. The summed E-state index contributed by atoms with van der Waals surface area (Å²) in [5, 5.41) is 2.83. The molecule has 1 amide bonds. The van der Waals surface area contributed by atoms with Crippen LogP contribution in [0.4, 0.5) is 5.69 Å². The first kappa shape index (κ1) is 14.5. The topological polar surface area (TPSA) is 47.6 Å². The van der Waals surface area contributed by atoms with Crippen molar-refractivity contribution in [3.05, 3.63) is 28.7 Å². The van der Waals surface area contributed by atoms with Crippen molar-refractivity contribution in [3.63, 3.8) is 0 Å². The van der Waals surface area contributed by atoms with Gasteiger partial charge in [0, 0.05) is 16.8 Å². The Balaban J connectivity index is 1.60. The van der Waals surface area contributed by atoms with Gasteiger partial charge in [0.05, 0.1) is 25.7 Å². The van der Waals surface area contributed by atoms with E-state index in [0.717, 1.165) is 29.6 Å². The predicted molar refractivity (Wildman–Crippen MR) is 77.2 cm³/mol. The average molecular weight is 328 g/mol. The van der Waals surface area contributed by atoms with E-state index in [1.165, 1.54) is 0 Å². The fourth-order valence-electron chi connectivity index (χ4n) is 1.91. The van der Waals surface area contributed by atoms with Crippen LogP contribution in [-0.4, -0.2) is 31.8 Å². The summed E-state index contributed by atoms with van der Waals surface area (Å²) < 4.78 is 11.9. The van der Waals surface area contributed by atoms with Crippen LogP contribution in [0.3, 0.4) is 0 Å². The predicted octanol–water partition coefficient (Wildman–Crippen LogP) is 2.97. The first-order chi connectivity index (χ1) is 9.24. The normalized spacial score (nSPS) is 18.5. The minimum atomic E-state index is -0.0327. The van der Waals surface area contributed by atoms with Crippen molar-refractivity contribution in [1.29, 1.82) is 0 Å². The second kappa shape index (κ2) is 7.62. The summed E-state index contributed by atoms with van der Waals surface area (Å²) in [7, 11) is 0. The number of carbonyl (C=O) groups is 1. The molecule has 104 valence electrons. The molecule has 2 rings (SSSR count). The third-order valence-electron chi connectivity index (χ3n) is 2.93. The van der Waals surface area contributed by atoms with Crippen molar-refractivity contribution in [3.8, 4) is 0 Å². The summed E-state index contributed by atoms with van der Waals surface area (Å²) in [5.74, 6) is -0.0327. The van der Waals surface area contributed by atoms with E-state index in [0.29, 0.717) is 19.6 Å². The van der Waals surface area contributed by atoms with Gasteiger partial charge >= 0.3 is 0 Å². The van der Waals surface area contributed by atoms with E-state index in [4.69, 9.17) is 9.47 Å². The van der Waals surface area contributed by atoms with Crippen LogP contribution in [0, 0.1) is 0 Å². The van der Waals surface area contributed by atoms with Crippen LogP contribution < -0.4 is 5.32 Å². The molecule has 0 unspecified atom stereocenters. The highest BCUT2D eigenvalue weighted by atomic mass is 79.9. The molecule has 4 nitrogen and oxygen atoms in total. The summed E-state index contributed by atoms with van der Waals surface area (Å²) in [6.45, 7) is 1.85. The smallest absolute Gasteiger partial charge is 0.226 e. The van der Waals surface area contributed by atoms with Crippen molar-refractivity contribution in [1.82, 2.24) is 0 Å². The Morgan fingerprint density at radius 3 is 2.89 bits per heavy atom. The lowest BCUT2D eigenvalue weighted by atomic mass is 10.2. The Hall–Kier alpha value is -0.910. The second-order valence-electron chi connectivity index (χ2n) is 4.52. The minimum Gasteiger partial charge on any atom is -0.378 e. The monoisotopic (exact) mass is 327 g/mol. The minimum absolute atomic E-state index is 0.0327. The van der Waals surface area contributed by atoms with Crippen LogP contribution in [-0.2, 0) is 14.3 Å². The lowest BCUT2D eigenvalue weighted by Gasteiger charge is -2.10. The van der Waals surface area contributed by atoms with Crippen LogP contribution in [0.15, 0.2) is 28.7 Å². The maximum atomic E-state index is 11.7. The molecular weight excluding hydrogens is 310 g/mol. The molecule has 1 aliphatic heterocycles. The van der Waals surface area contributed by atoms with Gasteiger partial charge in [-0.05, 0) is 37.1 Å². The number of benzene rings is 1. The van der Waals surface area contributed by atoms with Crippen molar-refractivity contribution in [2.45, 2.75) is 25.4 Å².